The Labute approximate surface area is 104 Å². The predicted octanol–water partition coefficient (Wildman–Crippen LogP) is 3.34. The summed E-state index contributed by atoms with van der Waals surface area (Å²) in [6.07, 6.45) is 3.36. The van der Waals surface area contributed by atoms with Crippen LogP contribution in [0.25, 0.3) is 0 Å². The number of nitriles is 1. The van der Waals surface area contributed by atoms with Gasteiger partial charge >= 0.3 is 0 Å². The number of aryl methyl sites for hydroxylation is 1. The quantitative estimate of drug-likeness (QED) is 0.861. The fraction of sp³-hybridized carbons (Fsp3) is 0.533. The maximum atomic E-state index is 9.08. The van der Waals surface area contributed by atoms with E-state index in [4.69, 9.17) is 5.26 Å². The summed E-state index contributed by atoms with van der Waals surface area (Å²) in [6, 6.07) is 11.6. The first-order valence-electron chi connectivity index (χ1n) is 6.43. The molecule has 2 nitrogen and oxygen atoms in total. The van der Waals surface area contributed by atoms with Crippen molar-refractivity contribution in [2.45, 2.75) is 45.2 Å². The second kappa shape index (κ2) is 5.33. The van der Waals surface area contributed by atoms with E-state index < -0.39 is 0 Å². The van der Waals surface area contributed by atoms with Gasteiger partial charge in [-0.05, 0) is 37.8 Å². The number of nitrogens with zero attached hydrogens (tertiary/aromatic N) is 1. The Morgan fingerprint density at radius 3 is 2.82 bits per heavy atom. The van der Waals surface area contributed by atoms with Gasteiger partial charge in [-0.3, -0.25) is 0 Å². The monoisotopic (exact) mass is 228 g/mol. The molecule has 17 heavy (non-hydrogen) atoms. The van der Waals surface area contributed by atoms with Crippen molar-refractivity contribution in [1.29, 1.82) is 5.26 Å². The Kier molecular flexibility index (Phi) is 3.81. The van der Waals surface area contributed by atoms with Gasteiger partial charge in [0.2, 0.25) is 0 Å². The molecule has 90 valence electrons. The first kappa shape index (κ1) is 12.1. The molecule has 1 saturated carbocycles. The van der Waals surface area contributed by atoms with Crippen molar-refractivity contribution < 1.29 is 0 Å². The zero-order valence-electron chi connectivity index (χ0n) is 10.6. The lowest BCUT2D eigenvalue weighted by atomic mass is 9.99. The number of nitrogens with one attached hydrogen (secondary N) is 1. The third-order valence-corrected chi connectivity index (χ3v) is 3.80. The Morgan fingerprint density at radius 2 is 2.12 bits per heavy atom. The van der Waals surface area contributed by atoms with E-state index in [9.17, 15) is 0 Å². The maximum absolute atomic E-state index is 9.08. The average Bonchev–Trinajstić information content (AvgIpc) is 2.76. The van der Waals surface area contributed by atoms with Crippen LogP contribution in [0.3, 0.4) is 0 Å². The largest absolute Gasteiger partial charge is 0.306 e. The molecule has 0 bridgehead atoms. The second-order valence-electron chi connectivity index (χ2n) is 5.02. The number of rotatable bonds is 3. The van der Waals surface area contributed by atoms with E-state index in [0.29, 0.717) is 12.1 Å². The van der Waals surface area contributed by atoms with Crippen molar-refractivity contribution in [3.63, 3.8) is 0 Å². The van der Waals surface area contributed by atoms with Gasteiger partial charge in [0.1, 0.15) is 0 Å². The van der Waals surface area contributed by atoms with Gasteiger partial charge < -0.3 is 5.32 Å². The zero-order chi connectivity index (χ0) is 12.3. The topological polar surface area (TPSA) is 35.8 Å². The van der Waals surface area contributed by atoms with Crippen LogP contribution in [-0.4, -0.2) is 6.04 Å². The van der Waals surface area contributed by atoms with Crippen LogP contribution >= 0.6 is 0 Å². The maximum Gasteiger partial charge on any atom is 0.0672 e. The molecule has 1 aromatic carbocycles. The van der Waals surface area contributed by atoms with E-state index in [-0.39, 0.29) is 5.92 Å². The molecule has 2 heteroatoms. The van der Waals surface area contributed by atoms with E-state index in [1.807, 2.05) is 0 Å². The lowest BCUT2D eigenvalue weighted by Gasteiger charge is -2.23. The van der Waals surface area contributed by atoms with Crippen LogP contribution in [0.5, 0.6) is 0 Å². The third-order valence-electron chi connectivity index (χ3n) is 3.80. The van der Waals surface area contributed by atoms with Crippen molar-refractivity contribution in [1.82, 2.24) is 5.32 Å². The van der Waals surface area contributed by atoms with Gasteiger partial charge in [-0.15, -0.1) is 0 Å². The van der Waals surface area contributed by atoms with Gasteiger partial charge in [0.15, 0.2) is 0 Å². The molecule has 1 aliphatic carbocycles. The van der Waals surface area contributed by atoms with Crippen molar-refractivity contribution in [2.24, 2.45) is 5.92 Å². The van der Waals surface area contributed by atoms with Crippen molar-refractivity contribution >= 4 is 0 Å². The molecule has 0 aromatic heterocycles. The van der Waals surface area contributed by atoms with Crippen LogP contribution in [0.15, 0.2) is 24.3 Å². The molecule has 0 heterocycles. The molecule has 3 atom stereocenters. The van der Waals surface area contributed by atoms with Crippen molar-refractivity contribution in [2.75, 3.05) is 0 Å². The highest BCUT2D eigenvalue weighted by Crippen LogP contribution is 2.28. The SMILES string of the molecule is Cc1ccccc1C(C)NC1CCCC1C#N. The highest BCUT2D eigenvalue weighted by atomic mass is 15.0. The Morgan fingerprint density at radius 1 is 1.35 bits per heavy atom. The Bertz CT molecular complexity index is 419. The summed E-state index contributed by atoms with van der Waals surface area (Å²) in [7, 11) is 0. The lowest BCUT2D eigenvalue weighted by molar-refractivity contribution is 0.417. The molecule has 1 aromatic rings. The second-order valence-corrected chi connectivity index (χ2v) is 5.02. The summed E-state index contributed by atoms with van der Waals surface area (Å²) in [5.74, 6) is 0.196. The molecule has 1 fully saturated rings. The molecule has 0 aliphatic heterocycles. The molecule has 0 saturated heterocycles. The van der Waals surface area contributed by atoms with E-state index in [2.05, 4.69) is 49.5 Å². The zero-order valence-corrected chi connectivity index (χ0v) is 10.6. The fourth-order valence-electron chi connectivity index (χ4n) is 2.80. The molecule has 1 aliphatic rings. The molecule has 0 spiro atoms. The van der Waals surface area contributed by atoms with E-state index in [1.165, 1.54) is 17.5 Å². The summed E-state index contributed by atoms with van der Waals surface area (Å²) < 4.78 is 0. The van der Waals surface area contributed by atoms with Gasteiger partial charge in [-0.25, -0.2) is 0 Å². The molecule has 0 amide bonds. The summed E-state index contributed by atoms with van der Waals surface area (Å²) >= 11 is 0. The van der Waals surface area contributed by atoms with Crippen LogP contribution in [0.2, 0.25) is 0 Å². The molecule has 1 N–H and O–H groups in total. The minimum absolute atomic E-state index is 0.196. The number of benzene rings is 1. The normalized spacial score (nSPS) is 25.5. The Hall–Kier alpha value is -1.33. The van der Waals surface area contributed by atoms with E-state index in [0.717, 1.165) is 12.8 Å². The molecule has 2 rings (SSSR count). The van der Waals surface area contributed by atoms with E-state index >= 15 is 0 Å². The van der Waals surface area contributed by atoms with Gasteiger partial charge in [0.05, 0.1) is 12.0 Å². The summed E-state index contributed by atoms with van der Waals surface area (Å²) in [5.41, 5.74) is 2.66. The van der Waals surface area contributed by atoms with Crippen LogP contribution < -0.4 is 5.32 Å². The summed E-state index contributed by atoms with van der Waals surface area (Å²) in [5, 5.41) is 12.7. The van der Waals surface area contributed by atoms with Crippen LogP contribution in [0.1, 0.15) is 43.4 Å². The number of hydrogen-bond acceptors (Lipinski definition) is 2. The molecule has 3 unspecified atom stereocenters. The van der Waals surface area contributed by atoms with E-state index in [1.54, 1.807) is 0 Å². The molecular formula is C15H20N2. The van der Waals surface area contributed by atoms with Gasteiger partial charge in [-0.2, -0.15) is 5.26 Å². The van der Waals surface area contributed by atoms with Crippen molar-refractivity contribution in [3.8, 4) is 6.07 Å². The van der Waals surface area contributed by atoms with Gasteiger partial charge in [0.25, 0.3) is 0 Å². The molecule has 0 radical (unpaired) electrons. The predicted molar refractivity (Wildman–Crippen MR) is 69.5 cm³/mol. The summed E-state index contributed by atoms with van der Waals surface area (Å²) in [4.78, 5) is 0. The van der Waals surface area contributed by atoms with Crippen LogP contribution in [0, 0.1) is 24.2 Å². The van der Waals surface area contributed by atoms with Crippen molar-refractivity contribution in [3.05, 3.63) is 35.4 Å². The average molecular weight is 228 g/mol. The minimum atomic E-state index is 0.196. The molecular weight excluding hydrogens is 208 g/mol. The highest BCUT2D eigenvalue weighted by Gasteiger charge is 2.28. The fourth-order valence-corrected chi connectivity index (χ4v) is 2.80. The van der Waals surface area contributed by atoms with Gasteiger partial charge in [0, 0.05) is 12.1 Å². The summed E-state index contributed by atoms with van der Waals surface area (Å²) in [6.45, 7) is 4.33. The smallest absolute Gasteiger partial charge is 0.0672 e. The van der Waals surface area contributed by atoms with Crippen LogP contribution in [-0.2, 0) is 0 Å². The number of hydrogen-bond donors (Lipinski definition) is 1. The van der Waals surface area contributed by atoms with Crippen LogP contribution in [0.4, 0.5) is 0 Å². The first-order chi connectivity index (χ1) is 8.22. The first-order valence-corrected chi connectivity index (χ1v) is 6.43. The Balaban J connectivity index is 2.05. The highest BCUT2D eigenvalue weighted by molar-refractivity contribution is 5.28. The lowest BCUT2D eigenvalue weighted by Crippen LogP contribution is -2.34. The minimum Gasteiger partial charge on any atom is -0.306 e. The standard InChI is InChI=1S/C15H20N2/c1-11-6-3-4-8-14(11)12(2)17-15-9-5-7-13(15)10-16/h3-4,6,8,12-13,15,17H,5,7,9H2,1-2H3. The van der Waals surface area contributed by atoms with Gasteiger partial charge in [-0.1, -0.05) is 30.7 Å². The third kappa shape index (κ3) is 2.68.